The Kier molecular flexibility index (Phi) is 8.24. The van der Waals surface area contributed by atoms with Crippen LogP contribution < -0.4 is 5.32 Å². The van der Waals surface area contributed by atoms with Gasteiger partial charge in [0.2, 0.25) is 5.89 Å². The van der Waals surface area contributed by atoms with Crippen LogP contribution in [-0.2, 0) is 10.5 Å². The fourth-order valence-electron chi connectivity index (χ4n) is 2.46. The van der Waals surface area contributed by atoms with Gasteiger partial charge >= 0.3 is 6.09 Å². The van der Waals surface area contributed by atoms with E-state index in [-0.39, 0.29) is 6.04 Å². The average Bonchev–Trinajstić information content (AvgIpc) is 3.06. The summed E-state index contributed by atoms with van der Waals surface area (Å²) in [5.41, 5.74) is 3.15. The van der Waals surface area contributed by atoms with E-state index in [1.54, 1.807) is 11.8 Å². The molecule has 1 aromatic carbocycles. The zero-order chi connectivity index (χ0) is 20.7. The molecule has 1 aromatic heterocycles. The third kappa shape index (κ3) is 7.39. The summed E-state index contributed by atoms with van der Waals surface area (Å²) in [5, 5.41) is 11.6. The topological polar surface area (TPSA) is 77.2 Å². The highest BCUT2D eigenvalue weighted by Gasteiger charge is 2.24. The third-order valence-corrected chi connectivity index (χ3v) is 5.39. The van der Waals surface area contributed by atoms with Crippen LogP contribution in [0.25, 0.3) is 0 Å². The van der Waals surface area contributed by atoms with E-state index in [1.807, 2.05) is 27.0 Å². The zero-order valence-electron chi connectivity index (χ0n) is 17.4. The minimum atomic E-state index is -0.560. The van der Waals surface area contributed by atoms with E-state index in [0.29, 0.717) is 17.5 Å². The quantitative estimate of drug-likeness (QED) is 0.577. The number of nitrogens with zero attached hydrogens (tertiary/aromatic N) is 2. The Morgan fingerprint density at radius 2 is 2.04 bits per heavy atom. The Balaban J connectivity index is 2.03. The second-order valence-corrected chi connectivity index (χ2v) is 9.52. The molecule has 1 atom stereocenters. The molecule has 8 heteroatoms. The number of nitrogens with one attached hydrogen (secondary N) is 1. The minimum Gasteiger partial charge on any atom is -0.444 e. The maximum Gasteiger partial charge on any atom is 0.408 e. The van der Waals surface area contributed by atoms with Crippen molar-refractivity contribution >= 4 is 29.6 Å². The number of aryl methyl sites for hydroxylation is 2. The van der Waals surface area contributed by atoms with Gasteiger partial charge < -0.3 is 14.5 Å². The second kappa shape index (κ2) is 10.2. The largest absolute Gasteiger partial charge is 0.444 e. The second-order valence-electron chi connectivity index (χ2n) is 7.61. The SMILES string of the molecule is CSCC[C@H](NC(=O)OC(C)(C)C)c1nnc(SCc2cc(C)ccc2C)o1. The molecule has 154 valence electrons. The number of thioether (sulfide) groups is 2. The van der Waals surface area contributed by atoms with E-state index >= 15 is 0 Å². The molecule has 0 saturated heterocycles. The summed E-state index contributed by atoms with van der Waals surface area (Å²) >= 11 is 3.19. The number of carbonyl (C=O) groups excluding carboxylic acids is 1. The molecule has 6 nitrogen and oxygen atoms in total. The summed E-state index contributed by atoms with van der Waals surface area (Å²) in [6.07, 6.45) is 2.22. The van der Waals surface area contributed by atoms with Gasteiger partial charge in [0, 0.05) is 5.75 Å². The van der Waals surface area contributed by atoms with Gasteiger partial charge in [-0.1, -0.05) is 35.5 Å². The first-order valence-corrected chi connectivity index (χ1v) is 11.6. The van der Waals surface area contributed by atoms with Crippen molar-refractivity contribution in [3.63, 3.8) is 0 Å². The average molecular weight is 424 g/mol. The first-order chi connectivity index (χ1) is 13.2. The third-order valence-electron chi connectivity index (χ3n) is 3.88. The van der Waals surface area contributed by atoms with Crippen molar-refractivity contribution in [2.75, 3.05) is 12.0 Å². The van der Waals surface area contributed by atoms with Crippen LogP contribution in [0.4, 0.5) is 4.79 Å². The highest BCUT2D eigenvalue weighted by atomic mass is 32.2. The van der Waals surface area contributed by atoms with Gasteiger partial charge in [0.1, 0.15) is 11.6 Å². The predicted molar refractivity (Wildman–Crippen MR) is 115 cm³/mol. The summed E-state index contributed by atoms with van der Waals surface area (Å²) in [6, 6.07) is 6.02. The molecule has 0 aliphatic heterocycles. The highest BCUT2D eigenvalue weighted by molar-refractivity contribution is 7.98. The smallest absolute Gasteiger partial charge is 0.408 e. The van der Waals surface area contributed by atoms with E-state index in [2.05, 4.69) is 47.6 Å². The van der Waals surface area contributed by atoms with E-state index in [4.69, 9.17) is 9.15 Å². The maximum atomic E-state index is 12.2. The molecule has 2 rings (SSSR count). The van der Waals surface area contributed by atoms with Crippen LogP contribution >= 0.6 is 23.5 Å². The molecule has 0 saturated carbocycles. The number of carbonyl (C=O) groups is 1. The van der Waals surface area contributed by atoms with Gasteiger partial charge in [0.05, 0.1) is 0 Å². The van der Waals surface area contributed by atoms with Crippen molar-refractivity contribution in [1.29, 1.82) is 0 Å². The first kappa shape index (κ1) is 22.6. The van der Waals surface area contributed by atoms with Crippen molar-refractivity contribution in [3.8, 4) is 0 Å². The number of aromatic nitrogens is 2. The molecule has 0 aliphatic carbocycles. The van der Waals surface area contributed by atoms with Gasteiger partial charge in [-0.25, -0.2) is 4.79 Å². The summed E-state index contributed by atoms with van der Waals surface area (Å²) < 4.78 is 11.2. The van der Waals surface area contributed by atoms with Crippen LogP contribution in [0.3, 0.4) is 0 Å². The molecule has 0 aliphatic rings. The lowest BCUT2D eigenvalue weighted by atomic mass is 10.1. The molecule has 0 radical (unpaired) electrons. The predicted octanol–water partition coefficient (Wildman–Crippen LogP) is 5.30. The lowest BCUT2D eigenvalue weighted by Crippen LogP contribution is -2.35. The minimum absolute atomic E-state index is 0.371. The Labute approximate surface area is 175 Å². The van der Waals surface area contributed by atoms with E-state index in [1.165, 1.54) is 28.5 Å². The Morgan fingerprint density at radius 3 is 2.71 bits per heavy atom. The number of alkyl carbamates (subject to hydrolysis) is 1. The van der Waals surface area contributed by atoms with Crippen molar-refractivity contribution in [2.45, 2.75) is 63.7 Å². The lowest BCUT2D eigenvalue weighted by molar-refractivity contribution is 0.0493. The van der Waals surface area contributed by atoms with E-state index < -0.39 is 11.7 Å². The normalized spacial score (nSPS) is 12.6. The fraction of sp³-hybridized carbons (Fsp3) is 0.550. The van der Waals surface area contributed by atoms with Crippen LogP contribution in [0.2, 0.25) is 0 Å². The van der Waals surface area contributed by atoms with Gasteiger partial charge in [0.15, 0.2) is 0 Å². The van der Waals surface area contributed by atoms with Crippen molar-refractivity contribution in [3.05, 3.63) is 40.8 Å². The van der Waals surface area contributed by atoms with Crippen LogP contribution in [0, 0.1) is 13.8 Å². The molecule has 0 fully saturated rings. The summed E-state index contributed by atoms with van der Waals surface area (Å²) in [7, 11) is 0. The monoisotopic (exact) mass is 423 g/mol. The maximum absolute atomic E-state index is 12.2. The number of amides is 1. The standard InChI is InChI=1S/C20H29N3O3S2/c1-13-7-8-14(2)15(11-13)12-28-19-23-22-17(25-19)16(9-10-27-6)21-18(24)26-20(3,4)5/h7-8,11,16H,9-10,12H2,1-6H3,(H,21,24)/t16-/m0/s1. The van der Waals surface area contributed by atoms with Gasteiger partial charge in [-0.2, -0.15) is 11.8 Å². The zero-order valence-corrected chi connectivity index (χ0v) is 19.0. The number of hydrogen-bond donors (Lipinski definition) is 1. The van der Waals surface area contributed by atoms with Crippen LogP contribution in [0.15, 0.2) is 27.8 Å². The summed E-state index contributed by atoms with van der Waals surface area (Å²) in [6.45, 7) is 9.67. The number of benzene rings is 1. The van der Waals surface area contributed by atoms with Crippen molar-refractivity contribution in [2.24, 2.45) is 0 Å². The summed E-state index contributed by atoms with van der Waals surface area (Å²) in [4.78, 5) is 12.2. The molecule has 0 bridgehead atoms. The lowest BCUT2D eigenvalue weighted by Gasteiger charge is -2.22. The molecule has 1 N–H and O–H groups in total. The summed E-state index contributed by atoms with van der Waals surface area (Å²) in [5.74, 6) is 2.01. The van der Waals surface area contributed by atoms with Gasteiger partial charge in [0.25, 0.3) is 5.22 Å². The fourth-order valence-corrected chi connectivity index (χ4v) is 3.76. The van der Waals surface area contributed by atoms with Crippen LogP contribution in [0.5, 0.6) is 0 Å². The Bertz CT molecular complexity index is 787. The molecule has 0 spiro atoms. The molecule has 28 heavy (non-hydrogen) atoms. The first-order valence-electron chi connectivity index (χ1n) is 9.18. The van der Waals surface area contributed by atoms with Crippen molar-refractivity contribution < 1.29 is 13.9 Å². The van der Waals surface area contributed by atoms with Crippen LogP contribution in [0.1, 0.15) is 55.8 Å². The molecule has 1 amide bonds. The van der Waals surface area contributed by atoms with Gasteiger partial charge in [-0.15, -0.1) is 10.2 Å². The molecule has 0 unspecified atom stereocenters. The number of ether oxygens (including phenoxy) is 1. The highest BCUT2D eigenvalue weighted by Crippen LogP contribution is 2.27. The van der Waals surface area contributed by atoms with E-state index in [0.717, 1.165) is 11.5 Å². The van der Waals surface area contributed by atoms with Gasteiger partial charge in [-0.3, -0.25) is 0 Å². The van der Waals surface area contributed by atoms with Crippen molar-refractivity contribution in [1.82, 2.24) is 15.5 Å². The Morgan fingerprint density at radius 1 is 1.29 bits per heavy atom. The molecule has 2 aromatic rings. The van der Waals surface area contributed by atoms with Gasteiger partial charge in [-0.05, 0) is 64.2 Å². The molecular formula is C20H29N3O3S2. The molecular weight excluding hydrogens is 394 g/mol. The number of rotatable bonds is 8. The molecule has 1 heterocycles. The Hall–Kier alpha value is -1.67. The number of hydrogen-bond acceptors (Lipinski definition) is 7. The van der Waals surface area contributed by atoms with Crippen LogP contribution in [-0.4, -0.2) is 33.9 Å². The van der Waals surface area contributed by atoms with E-state index in [9.17, 15) is 4.79 Å².